The van der Waals surface area contributed by atoms with Gasteiger partial charge < -0.3 is 20.4 Å². The smallest absolute Gasteiger partial charge is 0.317 e. The molecule has 0 radical (unpaired) electrons. The average Bonchev–Trinajstić information content (AvgIpc) is 3.41. The molecular formula is C50H64N2O4. The lowest BCUT2D eigenvalue weighted by molar-refractivity contribution is -0.0985. The summed E-state index contributed by atoms with van der Waals surface area (Å²) in [5.74, 6) is 2.18. The monoisotopic (exact) mass is 756 g/mol. The minimum absolute atomic E-state index is 0.00486. The molecule has 56 heavy (non-hydrogen) atoms. The van der Waals surface area contributed by atoms with E-state index in [1.807, 2.05) is 79.4 Å². The number of aliphatic hydroxyl groups is 2. The molecule has 10 rings (SSSR count). The van der Waals surface area contributed by atoms with E-state index < -0.39 is 17.1 Å². The van der Waals surface area contributed by atoms with Crippen LogP contribution in [0.25, 0.3) is 11.1 Å². The van der Waals surface area contributed by atoms with Gasteiger partial charge in [-0.2, -0.15) is 0 Å². The predicted molar refractivity (Wildman–Crippen MR) is 225 cm³/mol. The number of fused-ring (bicyclic) bond motifs is 8. The van der Waals surface area contributed by atoms with E-state index >= 15 is 4.79 Å². The van der Waals surface area contributed by atoms with Crippen molar-refractivity contribution in [2.24, 2.45) is 28.6 Å². The molecule has 6 heteroatoms. The SMILES string of the molecule is CC1=CCC[C@@]2(C)[C@@H](CC[C@@]2(O)CN(CC23CC4CC(CC(C4)C2)C3)C(=O)NC(C)C)c2ccc(cc2C(=O)c2ccccc2-c2ccccc2)C[C@@H](O)CC1. The summed E-state index contributed by atoms with van der Waals surface area (Å²) < 4.78 is 0. The third-order valence-corrected chi connectivity index (χ3v) is 15.0. The molecule has 7 aliphatic rings. The van der Waals surface area contributed by atoms with Crippen molar-refractivity contribution in [3.63, 3.8) is 0 Å². The predicted octanol–water partition coefficient (Wildman–Crippen LogP) is 10.3. The highest BCUT2D eigenvalue weighted by Gasteiger charge is 2.59. The molecule has 5 fully saturated rings. The van der Waals surface area contributed by atoms with Gasteiger partial charge in [-0.1, -0.05) is 85.3 Å². The maximum Gasteiger partial charge on any atom is 0.317 e. The van der Waals surface area contributed by atoms with Crippen LogP contribution in [0.4, 0.5) is 4.79 Å². The molecule has 7 aliphatic carbocycles. The molecule has 298 valence electrons. The first-order valence-electron chi connectivity index (χ1n) is 21.8. The van der Waals surface area contributed by atoms with E-state index in [4.69, 9.17) is 0 Å². The number of nitrogens with one attached hydrogen (secondary N) is 1. The molecule has 4 atom stereocenters. The Morgan fingerprint density at radius 3 is 2.23 bits per heavy atom. The lowest BCUT2D eigenvalue weighted by Gasteiger charge is -2.58. The van der Waals surface area contributed by atoms with Gasteiger partial charge in [-0.3, -0.25) is 4.79 Å². The van der Waals surface area contributed by atoms with Crippen molar-refractivity contribution >= 4 is 11.8 Å². The molecule has 3 N–H and O–H groups in total. The van der Waals surface area contributed by atoms with Crippen LogP contribution >= 0.6 is 0 Å². The number of carbonyl (C=O) groups excluding carboxylic acids is 2. The minimum Gasteiger partial charge on any atom is -0.393 e. The third kappa shape index (κ3) is 7.65. The van der Waals surface area contributed by atoms with Crippen LogP contribution in [0.2, 0.25) is 0 Å². The summed E-state index contributed by atoms with van der Waals surface area (Å²) in [4.78, 5) is 31.4. The van der Waals surface area contributed by atoms with Gasteiger partial charge in [0, 0.05) is 29.1 Å². The molecule has 0 spiro atoms. The van der Waals surface area contributed by atoms with Gasteiger partial charge in [0.1, 0.15) is 0 Å². The number of aliphatic hydroxyl groups excluding tert-OH is 1. The van der Waals surface area contributed by atoms with E-state index in [1.165, 1.54) is 44.1 Å². The van der Waals surface area contributed by atoms with Crippen LogP contribution < -0.4 is 5.32 Å². The molecule has 0 aromatic heterocycles. The number of hydrogen-bond acceptors (Lipinski definition) is 4. The van der Waals surface area contributed by atoms with Gasteiger partial charge in [0.05, 0.1) is 18.2 Å². The zero-order valence-electron chi connectivity index (χ0n) is 34.2. The van der Waals surface area contributed by atoms with E-state index in [0.29, 0.717) is 36.9 Å². The third-order valence-electron chi connectivity index (χ3n) is 15.0. The summed E-state index contributed by atoms with van der Waals surface area (Å²) in [5, 5.41) is 27.7. The summed E-state index contributed by atoms with van der Waals surface area (Å²) >= 11 is 0. The van der Waals surface area contributed by atoms with Gasteiger partial charge in [-0.05, 0) is 162 Å². The lowest BCUT2D eigenvalue weighted by atomic mass is 9.49. The van der Waals surface area contributed by atoms with E-state index in [0.717, 1.165) is 65.7 Å². The fourth-order valence-corrected chi connectivity index (χ4v) is 12.6. The van der Waals surface area contributed by atoms with E-state index in [1.54, 1.807) is 0 Å². The minimum atomic E-state index is -1.16. The second-order valence-corrected chi connectivity index (χ2v) is 19.6. The van der Waals surface area contributed by atoms with Crippen molar-refractivity contribution in [2.45, 2.75) is 135 Å². The summed E-state index contributed by atoms with van der Waals surface area (Å²) in [7, 11) is 0. The number of carbonyl (C=O) groups is 2. The van der Waals surface area contributed by atoms with Crippen LogP contribution in [0.5, 0.6) is 0 Å². The van der Waals surface area contributed by atoms with Crippen LogP contribution in [0.15, 0.2) is 84.4 Å². The van der Waals surface area contributed by atoms with E-state index in [9.17, 15) is 15.0 Å². The van der Waals surface area contributed by atoms with Crippen molar-refractivity contribution in [1.82, 2.24) is 10.2 Å². The number of benzene rings is 3. The molecule has 5 saturated carbocycles. The fraction of sp³-hybridized carbons (Fsp3) is 0.560. The first-order chi connectivity index (χ1) is 26.8. The molecule has 0 aliphatic heterocycles. The first-order valence-corrected chi connectivity index (χ1v) is 21.8. The summed E-state index contributed by atoms with van der Waals surface area (Å²) in [6, 6.07) is 24.2. The zero-order valence-corrected chi connectivity index (χ0v) is 34.2. The highest BCUT2D eigenvalue weighted by Crippen LogP contribution is 2.62. The summed E-state index contributed by atoms with van der Waals surface area (Å²) in [6.45, 7) is 9.42. The van der Waals surface area contributed by atoms with Crippen molar-refractivity contribution in [1.29, 1.82) is 0 Å². The number of urea groups is 1. The molecule has 0 unspecified atom stereocenters. The maximum atomic E-state index is 15.1. The highest BCUT2D eigenvalue weighted by molar-refractivity contribution is 6.13. The van der Waals surface area contributed by atoms with Crippen LogP contribution in [0.3, 0.4) is 0 Å². The highest BCUT2D eigenvalue weighted by atomic mass is 16.3. The Balaban J connectivity index is 1.20. The quantitative estimate of drug-likeness (QED) is 0.158. The number of hydrogen-bond donors (Lipinski definition) is 3. The average molecular weight is 757 g/mol. The Morgan fingerprint density at radius 1 is 0.857 bits per heavy atom. The normalized spacial score (nSPS) is 32.5. The molecule has 3 aromatic rings. The Kier molecular flexibility index (Phi) is 10.9. The van der Waals surface area contributed by atoms with Crippen LogP contribution in [-0.4, -0.2) is 57.8 Å². The summed E-state index contributed by atoms with van der Waals surface area (Å²) in [6.07, 6.45) is 14.1. The topological polar surface area (TPSA) is 89.9 Å². The van der Waals surface area contributed by atoms with E-state index in [2.05, 4.69) is 37.4 Å². The van der Waals surface area contributed by atoms with Gasteiger partial charge in [-0.15, -0.1) is 0 Å². The lowest BCUT2D eigenvalue weighted by Crippen LogP contribution is -2.59. The Bertz CT molecular complexity index is 1920. The largest absolute Gasteiger partial charge is 0.393 e. The second kappa shape index (κ2) is 15.5. The van der Waals surface area contributed by atoms with Crippen molar-refractivity contribution in [3.8, 4) is 11.1 Å². The Morgan fingerprint density at radius 2 is 1.54 bits per heavy atom. The number of ketones is 1. The van der Waals surface area contributed by atoms with Gasteiger partial charge in [0.15, 0.2) is 5.78 Å². The van der Waals surface area contributed by atoms with Crippen LogP contribution in [0.1, 0.15) is 138 Å². The summed E-state index contributed by atoms with van der Waals surface area (Å²) in [5.41, 5.74) is 4.71. The number of rotatable bonds is 8. The maximum absolute atomic E-state index is 15.1. The Hall–Kier alpha value is -3.74. The van der Waals surface area contributed by atoms with Crippen LogP contribution in [0, 0.1) is 28.6 Å². The van der Waals surface area contributed by atoms with Crippen molar-refractivity contribution in [2.75, 3.05) is 13.1 Å². The standard InChI is InChI=1S/C50H64N2O4/c1-33(2)51-47(55)52(31-49-28-36-23-37(29-49)25-38(24-36)30-49)32-50(56)22-20-45-42-19-17-35(26-40(53)18-16-34(3)11-10-21-48(45,50)4)27-44(42)46(54)43-15-9-8-14-41(43)39-12-6-5-7-13-39/h5-9,11-15,17,19,27,33,36-38,40,45,53,56H,10,16,18,20-26,28-32H2,1-4H3,(H,51,55)/t36?,37?,38?,40-,45-,48-,49?,50+/m0/s1. The second-order valence-electron chi connectivity index (χ2n) is 19.6. The zero-order chi connectivity index (χ0) is 39.2. The fourth-order valence-electron chi connectivity index (χ4n) is 12.6. The molecule has 6 bridgehead atoms. The van der Waals surface area contributed by atoms with Crippen molar-refractivity contribution < 1.29 is 19.8 Å². The molecular weight excluding hydrogens is 693 g/mol. The Labute approximate surface area is 335 Å². The molecule has 0 saturated heterocycles. The number of amides is 2. The number of allylic oxidation sites excluding steroid dienone is 2. The number of nitrogens with zero attached hydrogens (tertiary/aromatic N) is 1. The van der Waals surface area contributed by atoms with Crippen molar-refractivity contribution in [3.05, 3.63) is 107 Å². The molecule has 6 nitrogen and oxygen atoms in total. The van der Waals surface area contributed by atoms with Crippen LogP contribution in [-0.2, 0) is 6.42 Å². The molecule has 3 aromatic carbocycles. The molecule has 2 amide bonds. The van der Waals surface area contributed by atoms with Gasteiger partial charge in [-0.25, -0.2) is 4.79 Å². The van der Waals surface area contributed by atoms with E-state index in [-0.39, 0.29) is 35.7 Å². The van der Waals surface area contributed by atoms with Gasteiger partial charge in [0.2, 0.25) is 0 Å². The van der Waals surface area contributed by atoms with Gasteiger partial charge >= 0.3 is 6.03 Å². The van der Waals surface area contributed by atoms with Gasteiger partial charge in [0.25, 0.3) is 0 Å². The molecule has 0 heterocycles. The first kappa shape index (κ1) is 39.1.